The maximum atomic E-state index is 2.52. The molecule has 0 radical (unpaired) electrons. The van der Waals surface area contributed by atoms with Gasteiger partial charge in [0, 0.05) is 16.8 Å². The van der Waals surface area contributed by atoms with E-state index in [-0.39, 0.29) is 10.8 Å². The Morgan fingerprint density at radius 3 is 2.28 bits per heavy atom. The van der Waals surface area contributed by atoms with Crippen molar-refractivity contribution in [2.24, 2.45) is 0 Å². The van der Waals surface area contributed by atoms with Crippen LogP contribution in [0.5, 0.6) is 0 Å². The van der Waals surface area contributed by atoms with E-state index in [4.69, 9.17) is 0 Å². The van der Waals surface area contributed by atoms with Gasteiger partial charge in [-0.25, -0.2) is 0 Å². The molecule has 5 rings (SSSR count). The number of hydrogen-bond acceptors (Lipinski definition) is 3. The summed E-state index contributed by atoms with van der Waals surface area (Å²) in [4.78, 5) is 7.70. The molecule has 3 aliphatic rings. The summed E-state index contributed by atoms with van der Waals surface area (Å²) in [6, 6.07) is 11.7. The van der Waals surface area contributed by atoms with Crippen LogP contribution in [0.15, 0.2) is 40.1 Å². The molecule has 2 nitrogen and oxygen atoms in total. The van der Waals surface area contributed by atoms with E-state index in [1.54, 1.807) is 11.1 Å². The fourth-order valence-corrected chi connectivity index (χ4v) is 5.87. The van der Waals surface area contributed by atoms with Crippen LogP contribution in [-0.4, -0.2) is 13.7 Å². The molecule has 1 aliphatic carbocycles. The Bertz CT molecular complexity index is 897. The van der Waals surface area contributed by atoms with Gasteiger partial charge in [0.05, 0.1) is 23.7 Å². The van der Waals surface area contributed by atoms with Crippen LogP contribution in [0.2, 0.25) is 0 Å². The highest BCUT2D eigenvalue weighted by atomic mass is 32.2. The summed E-state index contributed by atoms with van der Waals surface area (Å²) < 4.78 is 0. The zero-order valence-electron chi connectivity index (χ0n) is 15.8. The lowest BCUT2D eigenvalue weighted by molar-refractivity contribution is 0.331. The Morgan fingerprint density at radius 2 is 1.56 bits per heavy atom. The van der Waals surface area contributed by atoms with Gasteiger partial charge in [0.2, 0.25) is 0 Å². The molecule has 2 aromatic carbocycles. The zero-order valence-corrected chi connectivity index (χ0v) is 16.6. The van der Waals surface area contributed by atoms with Gasteiger partial charge in [0.1, 0.15) is 0 Å². The number of para-hydroxylation sites is 1. The number of benzene rings is 2. The molecule has 0 atom stereocenters. The molecule has 0 unspecified atom stereocenters. The third kappa shape index (κ3) is 2.05. The minimum absolute atomic E-state index is 0.260. The van der Waals surface area contributed by atoms with Gasteiger partial charge in [-0.05, 0) is 59.1 Å². The summed E-state index contributed by atoms with van der Waals surface area (Å²) in [5.41, 5.74) is 7.79. The van der Waals surface area contributed by atoms with Gasteiger partial charge in [-0.3, -0.25) is 0 Å². The fourth-order valence-electron chi connectivity index (χ4n) is 4.72. The standard InChI is InChI=1S/C22H26N2S/c1-21(2)9-10-22(3,4)15-12-19-17(11-14(15)21)24-13-23(5)16-7-6-8-18(25-19)20(16)24/h6-8,11-12H,9-10,13H2,1-5H3. The summed E-state index contributed by atoms with van der Waals surface area (Å²) in [5, 5.41) is 0. The molecule has 0 saturated carbocycles. The van der Waals surface area contributed by atoms with Gasteiger partial charge >= 0.3 is 0 Å². The number of nitrogens with zero attached hydrogens (tertiary/aromatic N) is 2. The number of hydrogen-bond donors (Lipinski definition) is 0. The minimum Gasteiger partial charge on any atom is -0.355 e. The van der Waals surface area contributed by atoms with Crippen LogP contribution < -0.4 is 9.80 Å². The predicted octanol–water partition coefficient (Wildman–Crippen LogP) is 6.05. The van der Waals surface area contributed by atoms with E-state index in [9.17, 15) is 0 Å². The first-order valence-corrected chi connectivity index (χ1v) is 10.1. The lowest BCUT2D eigenvalue weighted by Crippen LogP contribution is -2.34. The highest BCUT2D eigenvalue weighted by Gasteiger charge is 2.40. The van der Waals surface area contributed by atoms with E-state index >= 15 is 0 Å². The summed E-state index contributed by atoms with van der Waals surface area (Å²) >= 11 is 1.95. The number of fused-ring (bicyclic) bond motifs is 3. The van der Waals surface area contributed by atoms with Gasteiger partial charge < -0.3 is 9.80 Å². The van der Waals surface area contributed by atoms with E-state index in [0.29, 0.717) is 0 Å². The molecule has 2 aromatic rings. The van der Waals surface area contributed by atoms with Crippen LogP contribution in [-0.2, 0) is 10.8 Å². The van der Waals surface area contributed by atoms with Gasteiger partial charge in [0.25, 0.3) is 0 Å². The molecular weight excluding hydrogens is 324 g/mol. The normalized spacial score (nSPS) is 21.6. The molecule has 0 aromatic heterocycles. The quantitative estimate of drug-likeness (QED) is 0.571. The maximum Gasteiger partial charge on any atom is 0.0951 e. The maximum absolute atomic E-state index is 2.52. The molecule has 2 aliphatic heterocycles. The van der Waals surface area contributed by atoms with Crippen LogP contribution in [0.4, 0.5) is 17.1 Å². The third-order valence-electron chi connectivity index (χ3n) is 6.46. The molecule has 0 N–H and O–H groups in total. The van der Waals surface area contributed by atoms with Crippen LogP contribution in [0, 0.1) is 0 Å². The summed E-state index contributed by atoms with van der Waals surface area (Å²) in [6.45, 7) is 10.6. The second kappa shape index (κ2) is 4.76. The van der Waals surface area contributed by atoms with Crippen LogP contribution >= 0.6 is 11.8 Å². The van der Waals surface area contributed by atoms with Gasteiger partial charge in [-0.1, -0.05) is 45.5 Å². The Hall–Kier alpha value is -1.61. The van der Waals surface area contributed by atoms with Gasteiger partial charge in [-0.15, -0.1) is 0 Å². The summed E-state index contributed by atoms with van der Waals surface area (Å²) in [7, 11) is 2.20. The summed E-state index contributed by atoms with van der Waals surface area (Å²) in [6.07, 6.45) is 2.53. The molecular formula is C22H26N2S. The zero-order chi connectivity index (χ0) is 17.6. The second-order valence-corrected chi connectivity index (χ2v) is 10.2. The lowest BCUT2D eigenvalue weighted by atomic mass is 9.63. The number of rotatable bonds is 0. The first-order chi connectivity index (χ1) is 11.8. The monoisotopic (exact) mass is 350 g/mol. The first kappa shape index (κ1) is 15.6. The molecule has 0 saturated heterocycles. The van der Waals surface area contributed by atoms with Crippen LogP contribution in [0.3, 0.4) is 0 Å². The van der Waals surface area contributed by atoms with Crippen LogP contribution in [0.25, 0.3) is 0 Å². The molecule has 0 spiro atoms. The smallest absolute Gasteiger partial charge is 0.0951 e. The van der Waals surface area contributed by atoms with E-state index in [2.05, 4.69) is 74.9 Å². The van der Waals surface area contributed by atoms with E-state index in [1.807, 2.05) is 11.8 Å². The second-order valence-electron chi connectivity index (χ2n) is 9.13. The summed E-state index contributed by atoms with van der Waals surface area (Å²) in [5.74, 6) is 0. The van der Waals surface area contributed by atoms with Crippen molar-refractivity contribution >= 4 is 28.8 Å². The molecule has 25 heavy (non-hydrogen) atoms. The predicted molar refractivity (Wildman–Crippen MR) is 108 cm³/mol. The van der Waals surface area contributed by atoms with E-state index in [1.165, 1.54) is 39.7 Å². The van der Waals surface area contributed by atoms with Crippen molar-refractivity contribution in [2.45, 2.75) is 61.2 Å². The average molecular weight is 351 g/mol. The van der Waals surface area contributed by atoms with Gasteiger partial charge in [0.15, 0.2) is 0 Å². The van der Waals surface area contributed by atoms with Crippen molar-refractivity contribution in [1.82, 2.24) is 0 Å². The fraction of sp³-hybridized carbons (Fsp3) is 0.455. The molecule has 3 heteroatoms. The van der Waals surface area contributed by atoms with Crippen molar-refractivity contribution in [1.29, 1.82) is 0 Å². The minimum atomic E-state index is 0.260. The van der Waals surface area contributed by atoms with Crippen molar-refractivity contribution in [3.05, 3.63) is 41.5 Å². The Balaban J connectivity index is 1.75. The highest BCUT2D eigenvalue weighted by molar-refractivity contribution is 7.99. The third-order valence-corrected chi connectivity index (χ3v) is 7.55. The van der Waals surface area contributed by atoms with E-state index in [0.717, 1.165) is 6.67 Å². The Morgan fingerprint density at radius 1 is 0.880 bits per heavy atom. The van der Waals surface area contributed by atoms with Crippen molar-refractivity contribution in [3.8, 4) is 0 Å². The topological polar surface area (TPSA) is 6.48 Å². The first-order valence-electron chi connectivity index (χ1n) is 9.26. The lowest BCUT2D eigenvalue weighted by Gasteiger charge is -2.43. The number of anilines is 3. The van der Waals surface area contributed by atoms with Crippen molar-refractivity contribution < 1.29 is 0 Å². The molecule has 2 heterocycles. The molecule has 0 bridgehead atoms. The molecule has 130 valence electrons. The van der Waals surface area contributed by atoms with Crippen molar-refractivity contribution in [3.63, 3.8) is 0 Å². The van der Waals surface area contributed by atoms with Crippen molar-refractivity contribution in [2.75, 3.05) is 23.5 Å². The highest BCUT2D eigenvalue weighted by Crippen LogP contribution is 2.57. The SMILES string of the molecule is CN1CN2c3cc4c(cc3Sc3cccc1c32)C(C)(C)CCC4(C)C. The van der Waals surface area contributed by atoms with Gasteiger partial charge in [-0.2, -0.15) is 0 Å². The molecule has 0 amide bonds. The Kier molecular flexibility index (Phi) is 2.98. The largest absolute Gasteiger partial charge is 0.355 e. The molecule has 0 fully saturated rings. The average Bonchev–Trinajstić information content (AvgIpc) is 2.90. The van der Waals surface area contributed by atoms with E-state index < -0.39 is 0 Å². The Labute approximate surface area is 155 Å². The van der Waals surface area contributed by atoms with Crippen LogP contribution in [0.1, 0.15) is 51.7 Å².